The monoisotopic (exact) mass is 447 g/mol. The van der Waals surface area contributed by atoms with Crippen LogP contribution >= 0.6 is 0 Å². The number of amides is 2. The summed E-state index contributed by atoms with van der Waals surface area (Å²) in [5.41, 5.74) is 2.22. The van der Waals surface area contributed by atoms with Crippen molar-refractivity contribution in [3.8, 4) is 5.75 Å². The minimum Gasteiger partial charge on any atom is -0.483 e. The number of carbonyl (C=O) groups is 3. The number of carbonyl (C=O) groups excluding carboxylic acids is 2. The third-order valence-corrected chi connectivity index (χ3v) is 6.39. The van der Waals surface area contributed by atoms with E-state index in [0.717, 1.165) is 75.2 Å². The standard InChI is InChI=1S/C23H35N3O3.CH2O2/c1-17-6-4-7-21(18(17)2)29-16-22(27)24-20-10-8-19(9-11-20)23(28)26-13-5-12-25(3)14-15-26;2-1-3/h4,6-7,19-20H,5,8-16H2,1-3H3,(H,24,27);1H,(H,2,3). The number of aryl methyl sites for hydroxylation is 1. The molecule has 2 amide bonds. The molecule has 0 bridgehead atoms. The fraction of sp³-hybridized carbons (Fsp3) is 0.625. The van der Waals surface area contributed by atoms with Crippen LogP contribution in [0.4, 0.5) is 0 Å². The summed E-state index contributed by atoms with van der Waals surface area (Å²) < 4.78 is 5.70. The summed E-state index contributed by atoms with van der Waals surface area (Å²) in [6.45, 7) is 7.54. The number of nitrogens with one attached hydrogen (secondary N) is 1. The van der Waals surface area contributed by atoms with Crippen LogP contribution in [-0.2, 0) is 14.4 Å². The highest BCUT2D eigenvalue weighted by Crippen LogP contribution is 2.26. The number of likely N-dealkylation sites (N-methyl/N-ethyl adjacent to an activating group) is 1. The Balaban J connectivity index is 0.00000114. The molecule has 0 unspecified atom stereocenters. The third-order valence-electron chi connectivity index (χ3n) is 6.39. The lowest BCUT2D eigenvalue weighted by Gasteiger charge is -2.32. The van der Waals surface area contributed by atoms with Crippen LogP contribution in [0.2, 0.25) is 0 Å². The molecule has 1 aromatic carbocycles. The lowest BCUT2D eigenvalue weighted by atomic mass is 9.85. The smallest absolute Gasteiger partial charge is 0.290 e. The number of hydrogen-bond acceptors (Lipinski definition) is 5. The Kier molecular flexibility index (Phi) is 10.5. The fourth-order valence-corrected chi connectivity index (χ4v) is 4.30. The molecule has 1 aromatic rings. The minimum atomic E-state index is -0.250. The van der Waals surface area contributed by atoms with E-state index in [0.29, 0.717) is 5.91 Å². The first-order valence-corrected chi connectivity index (χ1v) is 11.4. The molecule has 1 aliphatic carbocycles. The van der Waals surface area contributed by atoms with Gasteiger partial charge in [0.05, 0.1) is 0 Å². The lowest BCUT2D eigenvalue weighted by molar-refractivity contribution is -0.136. The zero-order valence-electron chi connectivity index (χ0n) is 19.5. The highest BCUT2D eigenvalue weighted by molar-refractivity contribution is 5.79. The third kappa shape index (κ3) is 7.82. The average Bonchev–Trinajstić information content (AvgIpc) is 3.00. The van der Waals surface area contributed by atoms with Crippen LogP contribution in [0, 0.1) is 19.8 Å². The molecule has 1 saturated carbocycles. The maximum atomic E-state index is 12.9. The second kappa shape index (κ2) is 13.1. The van der Waals surface area contributed by atoms with Crippen LogP contribution in [0.15, 0.2) is 18.2 Å². The molecule has 0 radical (unpaired) electrons. The molecule has 1 aliphatic heterocycles. The van der Waals surface area contributed by atoms with Gasteiger partial charge in [-0.15, -0.1) is 0 Å². The maximum Gasteiger partial charge on any atom is 0.290 e. The van der Waals surface area contributed by atoms with Gasteiger partial charge < -0.3 is 25.0 Å². The van der Waals surface area contributed by atoms with Crippen LogP contribution in [-0.4, -0.2) is 79.1 Å². The van der Waals surface area contributed by atoms with E-state index < -0.39 is 0 Å². The van der Waals surface area contributed by atoms with Crippen LogP contribution in [0.3, 0.4) is 0 Å². The van der Waals surface area contributed by atoms with Gasteiger partial charge in [0.2, 0.25) is 5.91 Å². The highest BCUT2D eigenvalue weighted by atomic mass is 16.5. The molecule has 8 nitrogen and oxygen atoms in total. The zero-order chi connectivity index (χ0) is 23.5. The number of nitrogens with zero attached hydrogens (tertiary/aromatic N) is 2. The molecule has 2 fully saturated rings. The van der Waals surface area contributed by atoms with Crippen molar-refractivity contribution in [2.45, 2.75) is 52.0 Å². The van der Waals surface area contributed by atoms with Crippen molar-refractivity contribution in [2.75, 3.05) is 39.8 Å². The topological polar surface area (TPSA) is 99.2 Å². The van der Waals surface area contributed by atoms with Gasteiger partial charge in [0, 0.05) is 31.6 Å². The first-order valence-electron chi connectivity index (χ1n) is 11.4. The molecule has 1 saturated heterocycles. The Morgan fingerprint density at radius 2 is 1.81 bits per heavy atom. The molecule has 178 valence electrons. The van der Waals surface area contributed by atoms with Crippen LogP contribution in [0.1, 0.15) is 43.2 Å². The van der Waals surface area contributed by atoms with Gasteiger partial charge in [0.1, 0.15) is 5.75 Å². The minimum absolute atomic E-state index is 0.0322. The van der Waals surface area contributed by atoms with E-state index >= 15 is 0 Å². The van der Waals surface area contributed by atoms with Gasteiger partial charge in [0.15, 0.2) is 6.61 Å². The molecule has 3 rings (SSSR count). The van der Waals surface area contributed by atoms with E-state index in [9.17, 15) is 9.59 Å². The molecule has 0 aromatic heterocycles. The van der Waals surface area contributed by atoms with Crippen molar-refractivity contribution in [3.63, 3.8) is 0 Å². The first-order chi connectivity index (χ1) is 15.3. The van der Waals surface area contributed by atoms with Crippen molar-refractivity contribution in [3.05, 3.63) is 29.3 Å². The van der Waals surface area contributed by atoms with E-state index in [4.69, 9.17) is 14.6 Å². The van der Waals surface area contributed by atoms with Gasteiger partial charge in [-0.1, -0.05) is 12.1 Å². The second-order valence-electron chi connectivity index (χ2n) is 8.69. The Hall–Kier alpha value is -2.61. The van der Waals surface area contributed by atoms with Gasteiger partial charge in [-0.3, -0.25) is 14.4 Å². The zero-order valence-corrected chi connectivity index (χ0v) is 19.5. The molecule has 2 aliphatic rings. The molecule has 8 heteroatoms. The summed E-state index contributed by atoms with van der Waals surface area (Å²) >= 11 is 0. The fourth-order valence-electron chi connectivity index (χ4n) is 4.30. The number of carboxylic acid groups (broad SMARTS) is 1. The number of hydrogen-bond donors (Lipinski definition) is 2. The van der Waals surface area contributed by atoms with Crippen molar-refractivity contribution in [1.82, 2.24) is 15.1 Å². The molecular weight excluding hydrogens is 410 g/mol. The Bertz CT molecular complexity index is 762. The summed E-state index contributed by atoms with van der Waals surface area (Å²) in [5, 5.41) is 9.97. The number of ether oxygens (including phenoxy) is 1. The lowest BCUT2D eigenvalue weighted by Crippen LogP contribution is -2.44. The quantitative estimate of drug-likeness (QED) is 0.672. The predicted molar refractivity (Wildman–Crippen MR) is 123 cm³/mol. The van der Waals surface area contributed by atoms with Crippen molar-refractivity contribution >= 4 is 18.3 Å². The Morgan fingerprint density at radius 3 is 2.50 bits per heavy atom. The van der Waals surface area contributed by atoms with E-state index in [2.05, 4.69) is 17.3 Å². The SMILES string of the molecule is Cc1cccc(OCC(=O)NC2CCC(C(=O)N3CCCN(C)CC3)CC2)c1C.O=CO. The molecule has 32 heavy (non-hydrogen) atoms. The normalized spacial score (nSPS) is 21.5. The van der Waals surface area contributed by atoms with Gasteiger partial charge in [0.25, 0.3) is 12.4 Å². The summed E-state index contributed by atoms with van der Waals surface area (Å²) in [6.07, 6.45) is 4.48. The average molecular weight is 448 g/mol. The second-order valence-corrected chi connectivity index (χ2v) is 8.69. The molecule has 0 spiro atoms. The summed E-state index contributed by atoms with van der Waals surface area (Å²) in [4.78, 5) is 37.9. The van der Waals surface area contributed by atoms with Gasteiger partial charge in [-0.05, 0) is 76.7 Å². The van der Waals surface area contributed by atoms with E-state index in [1.165, 1.54) is 0 Å². The van der Waals surface area contributed by atoms with E-state index in [1.54, 1.807) is 0 Å². The molecule has 0 atom stereocenters. The molecule has 1 heterocycles. The Morgan fingerprint density at radius 1 is 1.12 bits per heavy atom. The predicted octanol–water partition coefficient (Wildman–Crippen LogP) is 2.22. The molecular formula is C24H37N3O5. The molecule has 2 N–H and O–H groups in total. The Labute approximate surface area is 190 Å². The largest absolute Gasteiger partial charge is 0.483 e. The van der Waals surface area contributed by atoms with Crippen molar-refractivity contribution < 1.29 is 24.2 Å². The van der Waals surface area contributed by atoms with Crippen LogP contribution in [0.5, 0.6) is 5.75 Å². The van der Waals surface area contributed by atoms with E-state index in [1.807, 2.05) is 36.9 Å². The number of benzene rings is 1. The summed E-state index contributed by atoms with van der Waals surface area (Å²) in [7, 11) is 2.12. The van der Waals surface area contributed by atoms with E-state index in [-0.39, 0.29) is 30.9 Å². The van der Waals surface area contributed by atoms with Crippen LogP contribution < -0.4 is 10.1 Å². The number of rotatable bonds is 5. The first kappa shape index (κ1) is 25.6. The summed E-state index contributed by atoms with van der Waals surface area (Å²) in [5.74, 6) is 1.09. The maximum absolute atomic E-state index is 12.9. The van der Waals surface area contributed by atoms with Gasteiger partial charge in [-0.2, -0.15) is 0 Å². The van der Waals surface area contributed by atoms with Crippen molar-refractivity contribution in [2.24, 2.45) is 5.92 Å². The van der Waals surface area contributed by atoms with Crippen LogP contribution in [0.25, 0.3) is 0 Å². The van der Waals surface area contributed by atoms with Gasteiger partial charge >= 0.3 is 0 Å². The van der Waals surface area contributed by atoms with Gasteiger partial charge in [-0.25, -0.2) is 0 Å². The highest BCUT2D eigenvalue weighted by Gasteiger charge is 2.30. The van der Waals surface area contributed by atoms with Crippen molar-refractivity contribution in [1.29, 1.82) is 0 Å². The summed E-state index contributed by atoms with van der Waals surface area (Å²) in [6, 6.07) is 6.01.